The molecule has 1 saturated heterocycles. The van der Waals surface area contributed by atoms with E-state index in [1.807, 2.05) is 30.6 Å². The minimum absolute atomic E-state index is 0.0561. The molecule has 0 radical (unpaired) electrons. The molecule has 1 N–H and O–H groups in total. The van der Waals surface area contributed by atoms with Gasteiger partial charge in [-0.15, -0.1) is 0 Å². The molecule has 0 saturated carbocycles. The zero-order chi connectivity index (χ0) is 17.5. The normalized spacial score (nSPS) is 16.0. The highest BCUT2D eigenvalue weighted by Gasteiger charge is 2.20. The van der Waals surface area contributed by atoms with Gasteiger partial charge in [-0.25, -0.2) is 4.98 Å². The SMILES string of the molecule is CCn1ccnc1CN1CCN(CC(=O)NCc2ccccn2)CC1. The van der Waals surface area contributed by atoms with Crippen LogP contribution in [0.25, 0.3) is 0 Å². The van der Waals surface area contributed by atoms with Crippen molar-refractivity contribution in [1.29, 1.82) is 0 Å². The summed E-state index contributed by atoms with van der Waals surface area (Å²) in [5.74, 6) is 1.17. The monoisotopic (exact) mass is 342 g/mol. The van der Waals surface area contributed by atoms with Crippen LogP contribution in [0, 0.1) is 0 Å². The minimum atomic E-state index is 0.0561. The summed E-state index contributed by atoms with van der Waals surface area (Å²) >= 11 is 0. The molecule has 1 aliphatic heterocycles. The van der Waals surface area contributed by atoms with Gasteiger partial charge in [0.25, 0.3) is 0 Å². The second kappa shape index (κ2) is 8.73. The van der Waals surface area contributed by atoms with Crippen LogP contribution in [0.1, 0.15) is 18.4 Å². The Balaban J connectivity index is 1.38. The Morgan fingerprint density at radius 3 is 2.64 bits per heavy atom. The van der Waals surface area contributed by atoms with Crippen LogP contribution in [0.5, 0.6) is 0 Å². The summed E-state index contributed by atoms with van der Waals surface area (Å²) in [6.45, 7) is 8.63. The average Bonchev–Trinajstić information content (AvgIpc) is 3.10. The number of imidazole rings is 1. The van der Waals surface area contributed by atoms with E-state index in [1.165, 1.54) is 0 Å². The van der Waals surface area contributed by atoms with Gasteiger partial charge in [0.1, 0.15) is 5.82 Å². The number of pyridine rings is 1. The maximum absolute atomic E-state index is 12.1. The molecule has 25 heavy (non-hydrogen) atoms. The number of rotatable bonds is 7. The van der Waals surface area contributed by atoms with E-state index >= 15 is 0 Å². The van der Waals surface area contributed by atoms with Gasteiger partial charge in [0.05, 0.1) is 25.3 Å². The van der Waals surface area contributed by atoms with E-state index in [9.17, 15) is 4.79 Å². The Hall–Kier alpha value is -2.25. The van der Waals surface area contributed by atoms with Crippen LogP contribution in [0.15, 0.2) is 36.8 Å². The topological polar surface area (TPSA) is 66.3 Å². The van der Waals surface area contributed by atoms with Crippen LogP contribution in [0.4, 0.5) is 0 Å². The Morgan fingerprint density at radius 1 is 1.12 bits per heavy atom. The van der Waals surface area contributed by atoms with Crippen molar-refractivity contribution in [3.05, 3.63) is 48.3 Å². The van der Waals surface area contributed by atoms with Gasteiger partial charge in [-0.3, -0.25) is 19.6 Å². The van der Waals surface area contributed by atoms with Gasteiger partial charge in [-0.05, 0) is 19.1 Å². The summed E-state index contributed by atoms with van der Waals surface area (Å²) in [5, 5.41) is 2.94. The quantitative estimate of drug-likeness (QED) is 0.804. The van der Waals surface area contributed by atoms with Crippen molar-refractivity contribution in [3.63, 3.8) is 0 Å². The molecule has 2 aromatic heterocycles. The third-order valence-corrected chi connectivity index (χ3v) is 4.53. The van der Waals surface area contributed by atoms with E-state index in [4.69, 9.17) is 0 Å². The highest BCUT2D eigenvalue weighted by molar-refractivity contribution is 5.77. The highest BCUT2D eigenvalue weighted by Crippen LogP contribution is 2.07. The van der Waals surface area contributed by atoms with Crippen molar-refractivity contribution in [2.45, 2.75) is 26.6 Å². The molecule has 3 rings (SSSR count). The summed E-state index contributed by atoms with van der Waals surface area (Å²) in [7, 11) is 0. The number of piperazine rings is 1. The molecule has 0 bridgehead atoms. The van der Waals surface area contributed by atoms with Crippen LogP contribution < -0.4 is 5.32 Å². The van der Waals surface area contributed by atoms with Gasteiger partial charge < -0.3 is 9.88 Å². The van der Waals surface area contributed by atoms with Crippen LogP contribution >= 0.6 is 0 Å². The number of aryl methyl sites for hydroxylation is 1. The average molecular weight is 342 g/mol. The molecule has 0 spiro atoms. The van der Waals surface area contributed by atoms with Crippen molar-refractivity contribution in [2.24, 2.45) is 0 Å². The number of aromatic nitrogens is 3. The summed E-state index contributed by atoms with van der Waals surface area (Å²) in [6.07, 6.45) is 5.63. The van der Waals surface area contributed by atoms with Crippen LogP contribution in [0.2, 0.25) is 0 Å². The Bertz CT molecular complexity index is 663. The molecule has 1 amide bonds. The molecule has 134 valence electrons. The Kier molecular flexibility index (Phi) is 6.14. The molecule has 0 unspecified atom stereocenters. The van der Waals surface area contributed by atoms with E-state index in [0.717, 1.165) is 50.8 Å². The largest absolute Gasteiger partial charge is 0.349 e. The molecule has 7 nitrogen and oxygen atoms in total. The summed E-state index contributed by atoms with van der Waals surface area (Å²) in [6, 6.07) is 5.72. The lowest BCUT2D eigenvalue weighted by molar-refractivity contribution is -0.122. The molecule has 1 aliphatic rings. The third-order valence-electron chi connectivity index (χ3n) is 4.53. The predicted octanol–water partition coefficient (Wildman–Crippen LogP) is 0.732. The van der Waals surface area contributed by atoms with Crippen LogP contribution in [-0.4, -0.2) is 63.0 Å². The molecule has 0 atom stereocenters. The molecule has 7 heteroatoms. The standard InChI is InChI=1S/C18H26N6O/c1-2-24-8-7-20-17(24)14-22-9-11-23(12-10-22)15-18(25)21-13-16-5-3-4-6-19-16/h3-8H,2,9-15H2,1H3,(H,21,25). The van der Waals surface area contributed by atoms with E-state index in [2.05, 4.69) is 36.6 Å². The van der Waals surface area contributed by atoms with E-state index < -0.39 is 0 Å². The second-order valence-electron chi connectivity index (χ2n) is 6.28. The molecule has 0 aliphatic carbocycles. The van der Waals surface area contributed by atoms with Crippen molar-refractivity contribution in [2.75, 3.05) is 32.7 Å². The van der Waals surface area contributed by atoms with Crippen molar-refractivity contribution < 1.29 is 4.79 Å². The first-order valence-corrected chi connectivity index (χ1v) is 8.86. The molecule has 1 fully saturated rings. The van der Waals surface area contributed by atoms with Gasteiger partial charge in [0.15, 0.2) is 0 Å². The van der Waals surface area contributed by atoms with E-state index in [-0.39, 0.29) is 5.91 Å². The second-order valence-corrected chi connectivity index (χ2v) is 6.28. The first-order chi connectivity index (χ1) is 12.2. The smallest absolute Gasteiger partial charge is 0.234 e. The van der Waals surface area contributed by atoms with Crippen molar-refractivity contribution in [3.8, 4) is 0 Å². The highest BCUT2D eigenvalue weighted by atomic mass is 16.2. The number of hydrogen-bond donors (Lipinski definition) is 1. The van der Waals surface area contributed by atoms with Gasteiger partial charge in [0, 0.05) is 51.3 Å². The molecular weight excluding hydrogens is 316 g/mol. The first-order valence-electron chi connectivity index (χ1n) is 8.86. The fourth-order valence-corrected chi connectivity index (χ4v) is 3.04. The van der Waals surface area contributed by atoms with Gasteiger partial charge in [-0.2, -0.15) is 0 Å². The lowest BCUT2D eigenvalue weighted by Gasteiger charge is -2.34. The number of nitrogens with one attached hydrogen (secondary N) is 1. The summed E-state index contributed by atoms with van der Waals surface area (Å²) in [4.78, 5) is 25.4. The summed E-state index contributed by atoms with van der Waals surface area (Å²) < 4.78 is 2.18. The fraction of sp³-hybridized carbons (Fsp3) is 0.500. The Labute approximate surface area is 148 Å². The van der Waals surface area contributed by atoms with Crippen LogP contribution in [0.3, 0.4) is 0 Å². The maximum Gasteiger partial charge on any atom is 0.234 e. The fourth-order valence-electron chi connectivity index (χ4n) is 3.04. The molecule has 2 aromatic rings. The molecule has 0 aromatic carbocycles. The lowest BCUT2D eigenvalue weighted by Crippen LogP contribution is -2.49. The minimum Gasteiger partial charge on any atom is -0.349 e. The van der Waals surface area contributed by atoms with E-state index in [0.29, 0.717) is 13.1 Å². The number of amides is 1. The van der Waals surface area contributed by atoms with Crippen molar-refractivity contribution >= 4 is 5.91 Å². The third kappa shape index (κ3) is 5.11. The van der Waals surface area contributed by atoms with Gasteiger partial charge >= 0.3 is 0 Å². The zero-order valence-electron chi connectivity index (χ0n) is 14.8. The lowest BCUT2D eigenvalue weighted by atomic mass is 10.3. The molecular formula is C18H26N6O. The van der Waals surface area contributed by atoms with Crippen molar-refractivity contribution in [1.82, 2.24) is 29.7 Å². The number of carbonyl (C=O) groups excluding carboxylic acids is 1. The molecule has 3 heterocycles. The van der Waals surface area contributed by atoms with Gasteiger partial charge in [0.2, 0.25) is 5.91 Å². The predicted molar refractivity (Wildman–Crippen MR) is 95.7 cm³/mol. The number of nitrogens with zero attached hydrogens (tertiary/aromatic N) is 5. The van der Waals surface area contributed by atoms with Crippen LogP contribution in [-0.2, 0) is 24.4 Å². The Morgan fingerprint density at radius 2 is 1.92 bits per heavy atom. The maximum atomic E-state index is 12.1. The first kappa shape index (κ1) is 17.6. The van der Waals surface area contributed by atoms with E-state index in [1.54, 1.807) is 6.20 Å². The van der Waals surface area contributed by atoms with Gasteiger partial charge in [-0.1, -0.05) is 6.07 Å². The number of carbonyl (C=O) groups is 1. The zero-order valence-corrected chi connectivity index (χ0v) is 14.8. The summed E-state index contributed by atoms with van der Waals surface area (Å²) in [5.41, 5.74) is 0.882. The number of hydrogen-bond acceptors (Lipinski definition) is 5.